The number of aliphatic imine (C=N–C) groups is 1. The number of anilines is 2. The molecule has 3 heterocycles. The summed E-state index contributed by atoms with van der Waals surface area (Å²) in [6.07, 6.45) is 0.709. The maximum Gasteiger partial charge on any atom is 0.275 e. The van der Waals surface area contributed by atoms with Crippen LogP contribution in [0.25, 0.3) is 0 Å². The van der Waals surface area contributed by atoms with Gasteiger partial charge >= 0.3 is 0 Å². The summed E-state index contributed by atoms with van der Waals surface area (Å²) in [5.74, 6) is -1.61. The van der Waals surface area contributed by atoms with Gasteiger partial charge in [-0.2, -0.15) is 0 Å². The molecule has 12 nitrogen and oxygen atoms in total. The van der Waals surface area contributed by atoms with Crippen LogP contribution in [0.4, 0.5) is 11.4 Å². The molecule has 3 aliphatic rings. The molecule has 5 N–H and O–H groups in total. The largest absolute Gasteiger partial charge is 0.370 e. The maximum absolute atomic E-state index is 12.9. The SMILES string of the molecule is C.NC(=O)C1(N)CCN(c2ccccc2NC(=O)C2=CS(=O)(=O)C(N3CCS(=O)(=O)CC3)=N2)CC1. The molecule has 0 unspecified atom stereocenters. The van der Waals surface area contributed by atoms with Crippen LogP contribution in [-0.2, 0) is 29.3 Å². The van der Waals surface area contributed by atoms with Gasteiger partial charge in [0.2, 0.25) is 20.9 Å². The van der Waals surface area contributed by atoms with Crippen molar-refractivity contribution < 1.29 is 26.4 Å². The standard InChI is InChI=1S/C20H26N6O6S2.CH4/c21-18(28)20(22)5-7-25(8-6-20)16-4-2-1-3-14(16)23-17(27)15-13-34(31,32)19(24-15)26-9-11-33(29,30)12-10-26;/h1-4,13H,5-12,22H2,(H2,21,28)(H,23,27);1H4. The highest BCUT2D eigenvalue weighted by atomic mass is 32.2. The van der Waals surface area contributed by atoms with E-state index >= 15 is 0 Å². The van der Waals surface area contributed by atoms with Crippen LogP contribution in [0.15, 0.2) is 40.4 Å². The number of sulfone groups is 2. The fourth-order valence-corrected chi connectivity index (χ4v) is 6.61. The van der Waals surface area contributed by atoms with E-state index in [2.05, 4.69) is 10.3 Å². The van der Waals surface area contributed by atoms with Crippen molar-refractivity contribution in [1.29, 1.82) is 0 Å². The van der Waals surface area contributed by atoms with Crippen LogP contribution in [0.3, 0.4) is 0 Å². The molecule has 4 rings (SSSR count). The van der Waals surface area contributed by atoms with Crippen molar-refractivity contribution in [2.45, 2.75) is 25.8 Å². The Balaban J connectivity index is 0.00000342. The number of nitrogens with zero attached hydrogens (tertiary/aromatic N) is 3. The summed E-state index contributed by atoms with van der Waals surface area (Å²) in [5.41, 5.74) is 11.3. The summed E-state index contributed by atoms with van der Waals surface area (Å²) in [6.45, 7) is 0.886. The second-order valence-corrected chi connectivity index (χ2v) is 12.6. The first-order valence-corrected chi connectivity index (χ1v) is 14.0. The Morgan fingerprint density at radius 3 is 2.17 bits per heavy atom. The van der Waals surface area contributed by atoms with Crippen LogP contribution in [0.2, 0.25) is 0 Å². The second-order valence-electron chi connectivity index (χ2n) is 8.56. The number of benzene rings is 1. The van der Waals surface area contributed by atoms with Crippen LogP contribution in [-0.4, -0.2) is 81.9 Å². The van der Waals surface area contributed by atoms with Gasteiger partial charge in [-0.15, -0.1) is 0 Å². The molecule has 2 saturated heterocycles. The number of nitrogens with two attached hydrogens (primary N) is 2. The lowest BCUT2D eigenvalue weighted by Crippen LogP contribution is -2.58. The van der Waals surface area contributed by atoms with E-state index in [0.29, 0.717) is 37.3 Å². The Morgan fingerprint density at radius 2 is 1.57 bits per heavy atom. The third-order valence-electron chi connectivity index (χ3n) is 6.22. The van der Waals surface area contributed by atoms with Crippen molar-refractivity contribution in [3.63, 3.8) is 0 Å². The van der Waals surface area contributed by atoms with Gasteiger partial charge < -0.3 is 26.6 Å². The monoisotopic (exact) mass is 526 g/mol. The fourth-order valence-electron chi connectivity index (χ4n) is 4.09. The van der Waals surface area contributed by atoms with Crippen LogP contribution in [0.1, 0.15) is 20.3 Å². The van der Waals surface area contributed by atoms with Crippen LogP contribution in [0.5, 0.6) is 0 Å². The zero-order chi connectivity index (χ0) is 24.7. The van der Waals surface area contributed by atoms with Crippen LogP contribution < -0.4 is 21.7 Å². The van der Waals surface area contributed by atoms with Gasteiger partial charge in [0.1, 0.15) is 5.70 Å². The number of carbonyl (C=O) groups excluding carboxylic acids is 2. The molecule has 35 heavy (non-hydrogen) atoms. The van der Waals surface area contributed by atoms with E-state index < -0.39 is 37.0 Å². The van der Waals surface area contributed by atoms with Gasteiger partial charge in [0.05, 0.1) is 33.8 Å². The molecule has 1 aromatic rings. The van der Waals surface area contributed by atoms with E-state index in [4.69, 9.17) is 11.5 Å². The van der Waals surface area contributed by atoms with Crippen molar-refractivity contribution in [1.82, 2.24) is 4.90 Å². The van der Waals surface area contributed by atoms with Gasteiger partial charge in [-0.1, -0.05) is 19.6 Å². The molecule has 2 fully saturated rings. The maximum atomic E-state index is 12.9. The third kappa shape index (κ3) is 5.49. The summed E-state index contributed by atoms with van der Waals surface area (Å²) in [6, 6.07) is 6.99. The Bertz CT molecular complexity index is 1280. The zero-order valence-corrected chi connectivity index (χ0v) is 19.9. The number of piperidine rings is 1. The molecule has 192 valence electrons. The number of hydrogen-bond donors (Lipinski definition) is 3. The molecular weight excluding hydrogens is 496 g/mol. The quantitative estimate of drug-likeness (QED) is 0.461. The Hall–Kier alpha value is -2.97. The van der Waals surface area contributed by atoms with Crippen LogP contribution in [0, 0.1) is 0 Å². The number of rotatable bonds is 4. The summed E-state index contributed by atoms with van der Waals surface area (Å²) in [4.78, 5) is 31.9. The highest BCUT2D eigenvalue weighted by Gasteiger charge is 2.37. The number of amides is 2. The van der Waals surface area contributed by atoms with Crippen molar-refractivity contribution >= 4 is 48.0 Å². The minimum atomic E-state index is -3.97. The molecule has 14 heteroatoms. The van der Waals surface area contributed by atoms with E-state index in [1.165, 1.54) is 4.90 Å². The summed E-state index contributed by atoms with van der Waals surface area (Å²) in [5, 5.41) is 3.18. The summed E-state index contributed by atoms with van der Waals surface area (Å²) < 4.78 is 48.5. The van der Waals surface area contributed by atoms with Crippen LogP contribution >= 0.6 is 0 Å². The number of carbonyl (C=O) groups is 2. The zero-order valence-electron chi connectivity index (χ0n) is 18.3. The van der Waals surface area contributed by atoms with Crippen molar-refractivity contribution in [2.75, 3.05) is 47.9 Å². The number of hydrogen-bond acceptors (Lipinski definition) is 10. The first-order chi connectivity index (χ1) is 15.9. The van der Waals surface area contributed by atoms with E-state index in [1.807, 2.05) is 4.90 Å². The topological polar surface area (TPSA) is 185 Å². The van der Waals surface area contributed by atoms with Crippen molar-refractivity contribution in [2.24, 2.45) is 16.5 Å². The molecular formula is C21H30N6O6S2. The molecule has 1 aromatic carbocycles. The number of para-hydroxylation sites is 2. The van der Waals surface area contributed by atoms with Gasteiger partial charge in [-0.05, 0) is 25.0 Å². The van der Waals surface area contributed by atoms with Gasteiger partial charge in [-0.25, -0.2) is 21.8 Å². The van der Waals surface area contributed by atoms with Crippen molar-refractivity contribution in [3.8, 4) is 0 Å². The van der Waals surface area contributed by atoms with E-state index in [1.54, 1.807) is 24.3 Å². The van der Waals surface area contributed by atoms with Gasteiger partial charge in [-0.3, -0.25) is 9.59 Å². The van der Waals surface area contributed by atoms with E-state index in [9.17, 15) is 26.4 Å². The molecule has 3 aliphatic heterocycles. The molecule has 0 aliphatic carbocycles. The average Bonchev–Trinajstić information content (AvgIpc) is 3.10. The first-order valence-electron chi connectivity index (χ1n) is 10.7. The molecule has 0 aromatic heterocycles. The molecule has 0 saturated carbocycles. The molecule has 0 atom stereocenters. The summed E-state index contributed by atoms with van der Waals surface area (Å²) in [7, 11) is -7.18. The Kier molecular flexibility index (Phi) is 7.29. The predicted molar refractivity (Wildman–Crippen MR) is 134 cm³/mol. The second kappa shape index (κ2) is 9.59. The highest BCUT2D eigenvalue weighted by Crippen LogP contribution is 2.31. The lowest BCUT2D eigenvalue weighted by molar-refractivity contribution is -0.123. The number of amidine groups is 1. The lowest BCUT2D eigenvalue weighted by Gasteiger charge is -2.38. The highest BCUT2D eigenvalue weighted by molar-refractivity contribution is 8.09. The van der Waals surface area contributed by atoms with Gasteiger partial charge in [0.15, 0.2) is 9.84 Å². The van der Waals surface area contributed by atoms with Gasteiger partial charge in [0.25, 0.3) is 5.91 Å². The smallest absolute Gasteiger partial charge is 0.275 e. The van der Waals surface area contributed by atoms with E-state index in [0.717, 1.165) is 5.41 Å². The molecule has 0 spiro atoms. The lowest BCUT2D eigenvalue weighted by atomic mass is 9.87. The number of nitrogens with one attached hydrogen (secondary N) is 1. The summed E-state index contributed by atoms with van der Waals surface area (Å²) >= 11 is 0. The van der Waals surface area contributed by atoms with Crippen molar-refractivity contribution in [3.05, 3.63) is 35.4 Å². The van der Waals surface area contributed by atoms with Gasteiger partial charge in [0, 0.05) is 26.2 Å². The Labute approximate surface area is 204 Å². The normalized spacial score (nSPS) is 22.4. The third-order valence-corrected chi connectivity index (χ3v) is 9.23. The average molecular weight is 527 g/mol. The molecule has 2 amide bonds. The Morgan fingerprint density at radius 1 is 0.971 bits per heavy atom. The molecule has 0 radical (unpaired) electrons. The minimum absolute atomic E-state index is 0. The molecule has 0 bridgehead atoms. The fraction of sp³-hybridized carbons (Fsp3) is 0.476. The number of primary amides is 1. The first kappa shape index (κ1) is 26.6. The minimum Gasteiger partial charge on any atom is -0.370 e. The predicted octanol–water partition coefficient (Wildman–Crippen LogP) is -0.600. The van der Waals surface area contributed by atoms with E-state index in [-0.39, 0.29) is 42.9 Å².